The largest absolute Gasteiger partial charge is 0.256 e. The Morgan fingerprint density at radius 2 is 2.22 bits per heavy atom. The highest BCUT2D eigenvalue weighted by atomic mass is 32.2. The Morgan fingerprint density at radius 1 is 1.28 bits per heavy atom. The number of aromatic nitrogens is 1. The van der Waals surface area contributed by atoms with E-state index in [1.807, 2.05) is 35.4 Å². The molecule has 0 saturated carbocycles. The maximum Gasteiger partial charge on any atom is 0.0762 e. The number of allylic oxidation sites excluding steroid dienone is 1. The van der Waals surface area contributed by atoms with E-state index in [9.17, 15) is 0 Å². The molecule has 1 atom stereocenters. The number of aryl methyl sites for hydroxylation is 1. The molecule has 3 heterocycles. The lowest BCUT2D eigenvalue weighted by atomic mass is 10.2. The molecule has 3 rings (SSSR count). The number of hydrogen-bond donors (Lipinski definition) is 0. The highest BCUT2D eigenvalue weighted by Crippen LogP contribution is 2.49. The fourth-order valence-corrected chi connectivity index (χ4v) is 4.43. The summed E-state index contributed by atoms with van der Waals surface area (Å²) in [6, 6.07) is 10.7. The fraction of sp³-hybridized carbons (Fsp3) is 0.267. The van der Waals surface area contributed by atoms with Crippen LogP contribution in [0.25, 0.3) is 4.91 Å². The summed E-state index contributed by atoms with van der Waals surface area (Å²) in [5, 5.41) is 0.590. The minimum atomic E-state index is 0.590. The molecule has 1 nitrogen and oxygen atoms in total. The molecule has 0 N–H and O–H groups in total. The van der Waals surface area contributed by atoms with Crippen LogP contribution in [0.2, 0.25) is 0 Å². The zero-order chi connectivity index (χ0) is 12.4. The van der Waals surface area contributed by atoms with E-state index in [-0.39, 0.29) is 0 Å². The lowest BCUT2D eigenvalue weighted by Crippen LogP contribution is -1.84. The zero-order valence-corrected chi connectivity index (χ0v) is 11.9. The molecule has 2 aromatic rings. The van der Waals surface area contributed by atoms with Gasteiger partial charge in [0.1, 0.15) is 0 Å². The quantitative estimate of drug-likeness (QED) is 0.787. The topological polar surface area (TPSA) is 12.9 Å². The molecule has 1 unspecified atom stereocenters. The van der Waals surface area contributed by atoms with E-state index in [1.165, 1.54) is 14.7 Å². The fourth-order valence-electron chi connectivity index (χ4n) is 2.07. The van der Waals surface area contributed by atoms with Gasteiger partial charge in [-0.3, -0.25) is 4.98 Å². The average Bonchev–Trinajstić information content (AvgIpc) is 3.08. The molecule has 0 spiro atoms. The van der Waals surface area contributed by atoms with E-state index in [4.69, 9.17) is 0 Å². The van der Waals surface area contributed by atoms with Crippen LogP contribution in [-0.4, -0.2) is 4.98 Å². The number of thiophene rings is 1. The van der Waals surface area contributed by atoms with Crippen molar-refractivity contribution in [2.24, 2.45) is 0 Å². The van der Waals surface area contributed by atoms with Crippen LogP contribution in [0.1, 0.15) is 34.0 Å². The second-order valence-electron chi connectivity index (χ2n) is 4.28. The van der Waals surface area contributed by atoms with E-state index in [0.717, 1.165) is 18.5 Å². The van der Waals surface area contributed by atoms with Crippen molar-refractivity contribution in [3.8, 4) is 0 Å². The first kappa shape index (κ1) is 12.0. The molecule has 0 aliphatic carbocycles. The van der Waals surface area contributed by atoms with Crippen LogP contribution in [0, 0.1) is 0 Å². The molecule has 0 saturated heterocycles. The predicted molar refractivity (Wildman–Crippen MR) is 80.9 cm³/mol. The average molecular weight is 273 g/mol. The molecule has 0 fully saturated rings. The first-order valence-electron chi connectivity index (χ1n) is 6.23. The van der Waals surface area contributed by atoms with Crippen molar-refractivity contribution in [3.63, 3.8) is 0 Å². The first-order chi connectivity index (χ1) is 8.86. The van der Waals surface area contributed by atoms with E-state index < -0.39 is 0 Å². The number of rotatable bonds is 3. The van der Waals surface area contributed by atoms with E-state index in [1.54, 1.807) is 0 Å². The van der Waals surface area contributed by atoms with Crippen LogP contribution in [0.3, 0.4) is 0 Å². The van der Waals surface area contributed by atoms with Gasteiger partial charge in [0.25, 0.3) is 0 Å². The molecular weight excluding hydrogens is 258 g/mol. The van der Waals surface area contributed by atoms with E-state index in [0.29, 0.717) is 5.25 Å². The highest BCUT2D eigenvalue weighted by molar-refractivity contribution is 8.08. The minimum Gasteiger partial charge on any atom is -0.256 e. The Hall–Kier alpha value is -1.06. The molecular formula is C15H15NS2. The summed E-state index contributed by atoms with van der Waals surface area (Å²) in [6.07, 6.45) is 6.45. The van der Waals surface area contributed by atoms with Crippen molar-refractivity contribution in [2.75, 3.05) is 0 Å². The van der Waals surface area contributed by atoms with Gasteiger partial charge in [-0.1, -0.05) is 19.1 Å². The smallest absolute Gasteiger partial charge is 0.0762 e. The van der Waals surface area contributed by atoms with Crippen LogP contribution in [0.15, 0.2) is 42.6 Å². The van der Waals surface area contributed by atoms with Crippen LogP contribution in [-0.2, 0) is 6.42 Å². The van der Waals surface area contributed by atoms with Crippen LogP contribution in [0.4, 0.5) is 0 Å². The number of thioether (sulfide) groups is 1. The van der Waals surface area contributed by atoms with Gasteiger partial charge in [0.05, 0.1) is 5.69 Å². The van der Waals surface area contributed by atoms with Crippen molar-refractivity contribution >= 4 is 28.0 Å². The predicted octanol–water partition coefficient (Wildman–Crippen LogP) is 4.92. The van der Waals surface area contributed by atoms with Crippen molar-refractivity contribution in [2.45, 2.75) is 25.0 Å². The van der Waals surface area contributed by atoms with Gasteiger partial charge in [-0.25, -0.2) is 0 Å². The number of hydrogen-bond acceptors (Lipinski definition) is 3. The molecule has 1 aliphatic heterocycles. The van der Waals surface area contributed by atoms with Crippen molar-refractivity contribution in [1.82, 2.24) is 4.98 Å². The standard InChI is InChI=1S/C15H15NS2/c1-2-11-6-7-14(17-11)15-9-8-13(18-15)12-5-3-4-10-16-12/h3-8,10,15H,2,9H2,1H3. The summed E-state index contributed by atoms with van der Waals surface area (Å²) in [4.78, 5) is 8.73. The Morgan fingerprint density at radius 3 is 2.94 bits per heavy atom. The molecule has 0 radical (unpaired) electrons. The summed E-state index contributed by atoms with van der Waals surface area (Å²) in [5.74, 6) is 0. The molecule has 1 aliphatic rings. The number of pyridine rings is 1. The molecule has 0 bridgehead atoms. The molecule has 18 heavy (non-hydrogen) atoms. The minimum absolute atomic E-state index is 0.590. The molecule has 0 amide bonds. The Kier molecular flexibility index (Phi) is 3.52. The lowest BCUT2D eigenvalue weighted by molar-refractivity contribution is 1.02. The lowest BCUT2D eigenvalue weighted by Gasteiger charge is -2.07. The van der Waals surface area contributed by atoms with Gasteiger partial charge in [-0.15, -0.1) is 23.1 Å². The maximum absolute atomic E-state index is 4.42. The van der Waals surface area contributed by atoms with Crippen molar-refractivity contribution in [3.05, 3.63) is 58.1 Å². The molecule has 2 aromatic heterocycles. The van der Waals surface area contributed by atoms with Gasteiger partial charge >= 0.3 is 0 Å². The Balaban J connectivity index is 1.74. The Bertz CT molecular complexity index is 557. The van der Waals surface area contributed by atoms with Gasteiger partial charge in [-0.2, -0.15) is 0 Å². The second-order valence-corrected chi connectivity index (χ2v) is 6.73. The third-order valence-electron chi connectivity index (χ3n) is 3.05. The molecule has 3 heteroatoms. The molecule has 92 valence electrons. The summed E-state index contributed by atoms with van der Waals surface area (Å²) >= 11 is 3.90. The van der Waals surface area contributed by atoms with Crippen LogP contribution in [0.5, 0.6) is 0 Å². The van der Waals surface area contributed by atoms with Gasteiger partial charge in [-0.05, 0) is 37.1 Å². The van der Waals surface area contributed by atoms with Gasteiger partial charge in [0.2, 0.25) is 0 Å². The van der Waals surface area contributed by atoms with E-state index >= 15 is 0 Å². The number of nitrogens with zero attached hydrogens (tertiary/aromatic N) is 1. The van der Waals surface area contributed by atoms with Crippen LogP contribution >= 0.6 is 23.1 Å². The second kappa shape index (κ2) is 5.29. The monoisotopic (exact) mass is 273 g/mol. The van der Waals surface area contributed by atoms with Crippen molar-refractivity contribution < 1.29 is 0 Å². The summed E-state index contributed by atoms with van der Waals surface area (Å²) in [5.41, 5.74) is 1.11. The summed E-state index contributed by atoms with van der Waals surface area (Å²) in [7, 11) is 0. The van der Waals surface area contributed by atoms with Gasteiger partial charge < -0.3 is 0 Å². The first-order valence-corrected chi connectivity index (χ1v) is 7.93. The summed E-state index contributed by atoms with van der Waals surface area (Å²) in [6.45, 7) is 2.22. The van der Waals surface area contributed by atoms with E-state index in [2.05, 4.69) is 42.2 Å². The summed E-state index contributed by atoms with van der Waals surface area (Å²) < 4.78 is 0. The molecule has 0 aromatic carbocycles. The normalized spacial score (nSPS) is 18.9. The van der Waals surface area contributed by atoms with Gasteiger partial charge in [0, 0.05) is 26.1 Å². The Labute approximate surface area is 116 Å². The van der Waals surface area contributed by atoms with Crippen molar-refractivity contribution in [1.29, 1.82) is 0 Å². The third kappa shape index (κ3) is 2.38. The zero-order valence-electron chi connectivity index (χ0n) is 10.3. The third-order valence-corrected chi connectivity index (χ3v) is 5.91. The highest BCUT2D eigenvalue weighted by Gasteiger charge is 2.22. The SMILES string of the molecule is CCc1ccc(C2CC=C(c3ccccn3)S2)s1. The van der Waals surface area contributed by atoms with Gasteiger partial charge in [0.15, 0.2) is 0 Å². The maximum atomic E-state index is 4.42. The van der Waals surface area contributed by atoms with Crippen LogP contribution < -0.4 is 0 Å².